The molecule has 0 spiro atoms. The number of aromatic nitrogens is 3. The maximum Gasteiger partial charge on any atom is 0.123 e. The third-order valence-electron chi connectivity index (χ3n) is 3.29. The molecule has 0 aliphatic rings. The standard InChI is InChI=1S/C15H15N3O/c1-2-18-13(8-10-17-18)15(19)12-7-3-5-11-6-4-9-16-14(11)12/h3-10,15,19H,2H2,1H3. The van der Waals surface area contributed by atoms with Gasteiger partial charge in [-0.2, -0.15) is 5.10 Å². The maximum atomic E-state index is 10.6. The van der Waals surface area contributed by atoms with Crippen LogP contribution in [0.15, 0.2) is 48.8 Å². The van der Waals surface area contributed by atoms with Crippen molar-refractivity contribution in [1.82, 2.24) is 14.8 Å². The molecule has 0 fully saturated rings. The van der Waals surface area contributed by atoms with Crippen LogP contribution in [-0.4, -0.2) is 19.9 Å². The number of pyridine rings is 1. The molecule has 3 aromatic rings. The van der Waals surface area contributed by atoms with Crippen molar-refractivity contribution in [1.29, 1.82) is 0 Å². The highest BCUT2D eigenvalue weighted by molar-refractivity contribution is 5.82. The number of aryl methyl sites for hydroxylation is 1. The van der Waals surface area contributed by atoms with Gasteiger partial charge >= 0.3 is 0 Å². The lowest BCUT2D eigenvalue weighted by Gasteiger charge is -2.14. The number of benzene rings is 1. The van der Waals surface area contributed by atoms with Crippen molar-refractivity contribution in [2.24, 2.45) is 0 Å². The van der Waals surface area contributed by atoms with Gasteiger partial charge in [0.2, 0.25) is 0 Å². The summed E-state index contributed by atoms with van der Waals surface area (Å²) in [7, 11) is 0. The van der Waals surface area contributed by atoms with Crippen LogP contribution in [0.2, 0.25) is 0 Å². The van der Waals surface area contributed by atoms with E-state index < -0.39 is 6.10 Å². The van der Waals surface area contributed by atoms with Crippen LogP contribution in [-0.2, 0) is 6.54 Å². The zero-order valence-electron chi connectivity index (χ0n) is 10.7. The van der Waals surface area contributed by atoms with Gasteiger partial charge in [-0.15, -0.1) is 0 Å². The minimum atomic E-state index is -0.707. The van der Waals surface area contributed by atoms with Gasteiger partial charge in [-0.1, -0.05) is 24.3 Å². The van der Waals surface area contributed by atoms with Crippen LogP contribution in [0, 0.1) is 0 Å². The summed E-state index contributed by atoms with van der Waals surface area (Å²) in [6.07, 6.45) is 2.75. The van der Waals surface area contributed by atoms with Gasteiger partial charge in [0.25, 0.3) is 0 Å². The Balaban J connectivity index is 2.14. The van der Waals surface area contributed by atoms with Crippen molar-refractivity contribution in [3.8, 4) is 0 Å². The Morgan fingerprint density at radius 2 is 2.00 bits per heavy atom. The lowest BCUT2D eigenvalue weighted by molar-refractivity contribution is 0.209. The smallest absolute Gasteiger partial charge is 0.123 e. The van der Waals surface area contributed by atoms with Crippen LogP contribution < -0.4 is 0 Å². The van der Waals surface area contributed by atoms with E-state index in [1.807, 2.05) is 43.3 Å². The van der Waals surface area contributed by atoms with E-state index in [1.54, 1.807) is 17.1 Å². The molecule has 1 atom stereocenters. The first-order valence-electron chi connectivity index (χ1n) is 6.34. The Morgan fingerprint density at radius 3 is 2.84 bits per heavy atom. The summed E-state index contributed by atoms with van der Waals surface area (Å²) >= 11 is 0. The average Bonchev–Trinajstić information content (AvgIpc) is 2.94. The number of hydrogen-bond donors (Lipinski definition) is 1. The zero-order valence-corrected chi connectivity index (χ0v) is 10.7. The van der Waals surface area contributed by atoms with Crippen molar-refractivity contribution in [3.05, 3.63) is 60.0 Å². The zero-order chi connectivity index (χ0) is 13.2. The number of hydrogen-bond acceptors (Lipinski definition) is 3. The molecule has 0 bridgehead atoms. The van der Waals surface area contributed by atoms with E-state index >= 15 is 0 Å². The molecule has 0 aliphatic carbocycles. The fourth-order valence-electron chi connectivity index (χ4n) is 2.35. The molecule has 0 radical (unpaired) electrons. The average molecular weight is 253 g/mol. The van der Waals surface area contributed by atoms with E-state index in [9.17, 15) is 5.11 Å². The summed E-state index contributed by atoms with van der Waals surface area (Å²) in [6.45, 7) is 2.74. The minimum absolute atomic E-state index is 0.707. The minimum Gasteiger partial charge on any atom is -0.382 e. The molecule has 3 rings (SSSR count). The molecule has 19 heavy (non-hydrogen) atoms. The molecule has 96 valence electrons. The molecule has 4 nitrogen and oxygen atoms in total. The third-order valence-corrected chi connectivity index (χ3v) is 3.29. The molecule has 0 amide bonds. The maximum absolute atomic E-state index is 10.6. The lowest BCUT2D eigenvalue weighted by atomic mass is 10.0. The predicted molar refractivity (Wildman–Crippen MR) is 73.7 cm³/mol. The molecule has 0 saturated carbocycles. The van der Waals surface area contributed by atoms with Gasteiger partial charge in [0, 0.05) is 29.9 Å². The van der Waals surface area contributed by atoms with E-state index in [0.29, 0.717) is 0 Å². The quantitative estimate of drug-likeness (QED) is 0.780. The van der Waals surface area contributed by atoms with E-state index in [-0.39, 0.29) is 0 Å². The summed E-state index contributed by atoms with van der Waals surface area (Å²) in [5.41, 5.74) is 2.44. The van der Waals surface area contributed by atoms with E-state index in [4.69, 9.17) is 0 Å². The fourth-order valence-corrected chi connectivity index (χ4v) is 2.35. The molecule has 1 unspecified atom stereocenters. The second kappa shape index (κ2) is 4.82. The Labute approximate surface area is 111 Å². The highest BCUT2D eigenvalue weighted by Gasteiger charge is 2.17. The first kappa shape index (κ1) is 11.9. The Hall–Kier alpha value is -2.20. The van der Waals surface area contributed by atoms with Gasteiger partial charge in [0.15, 0.2) is 0 Å². The molecule has 2 heterocycles. The monoisotopic (exact) mass is 253 g/mol. The molecular formula is C15H15N3O. The normalized spacial score (nSPS) is 12.7. The van der Waals surface area contributed by atoms with Crippen LogP contribution in [0.3, 0.4) is 0 Å². The number of aliphatic hydroxyl groups is 1. The van der Waals surface area contributed by atoms with Gasteiger partial charge in [0.05, 0.1) is 11.2 Å². The second-order valence-corrected chi connectivity index (χ2v) is 4.40. The highest BCUT2D eigenvalue weighted by atomic mass is 16.3. The van der Waals surface area contributed by atoms with Crippen LogP contribution in [0.25, 0.3) is 10.9 Å². The first-order valence-corrected chi connectivity index (χ1v) is 6.34. The Kier molecular flexibility index (Phi) is 3.01. The second-order valence-electron chi connectivity index (χ2n) is 4.40. The van der Waals surface area contributed by atoms with Gasteiger partial charge in [-0.25, -0.2) is 0 Å². The molecular weight excluding hydrogens is 238 g/mol. The van der Waals surface area contributed by atoms with Crippen molar-refractivity contribution in [3.63, 3.8) is 0 Å². The van der Waals surface area contributed by atoms with E-state index in [0.717, 1.165) is 28.7 Å². The van der Waals surface area contributed by atoms with E-state index in [1.165, 1.54) is 0 Å². The van der Waals surface area contributed by atoms with Gasteiger partial charge < -0.3 is 5.11 Å². The first-order chi connectivity index (χ1) is 9.31. The summed E-state index contributed by atoms with van der Waals surface area (Å²) in [5.74, 6) is 0. The van der Waals surface area contributed by atoms with Crippen LogP contribution in [0.5, 0.6) is 0 Å². The molecule has 1 N–H and O–H groups in total. The molecule has 1 aromatic carbocycles. The van der Waals surface area contributed by atoms with Crippen molar-refractivity contribution < 1.29 is 5.11 Å². The largest absolute Gasteiger partial charge is 0.382 e. The van der Waals surface area contributed by atoms with Crippen molar-refractivity contribution in [2.75, 3.05) is 0 Å². The number of aliphatic hydroxyl groups excluding tert-OH is 1. The lowest BCUT2D eigenvalue weighted by Crippen LogP contribution is -2.09. The number of fused-ring (bicyclic) bond motifs is 1. The summed E-state index contributed by atoms with van der Waals surface area (Å²) in [5, 5.41) is 15.8. The van der Waals surface area contributed by atoms with Gasteiger partial charge in [-0.3, -0.25) is 9.67 Å². The molecule has 4 heteroatoms. The molecule has 0 aliphatic heterocycles. The fraction of sp³-hybridized carbons (Fsp3) is 0.200. The molecule has 2 aromatic heterocycles. The van der Waals surface area contributed by atoms with E-state index in [2.05, 4.69) is 10.1 Å². The predicted octanol–water partition coefficient (Wildman–Crippen LogP) is 2.53. The summed E-state index contributed by atoms with van der Waals surface area (Å²) < 4.78 is 1.80. The molecule has 0 saturated heterocycles. The number of para-hydroxylation sites is 1. The topological polar surface area (TPSA) is 50.9 Å². The highest BCUT2D eigenvalue weighted by Crippen LogP contribution is 2.27. The van der Waals surface area contributed by atoms with Crippen LogP contribution in [0.4, 0.5) is 0 Å². The summed E-state index contributed by atoms with van der Waals surface area (Å²) in [6, 6.07) is 11.6. The number of nitrogens with zero attached hydrogens (tertiary/aromatic N) is 3. The van der Waals surface area contributed by atoms with Crippen molar-refractivity contribution >= 4 is 10.9 Å². The Morgan fingerprint density at radius 1 is 1.16 bits per heavy atom. The SMILES string of the molecule is CCn1nccc1C(O)c1cccc2cccnc12. The summed E-state index contributed by atoms with van der Waals surface area (Å²) in [4.78, 5) is 4.38. The van der Waals surface area contributed by atoms with Crippen molar-refractivity contribution in [2.45, 2.75) is 19.6 Å². The Bertz CT molecular complexity index is 700. The number of rotatable bonds is 3. The van der Waals surface area contributed by atoms with Gasteiger partial charge in [0.1, 0.15) is 6.10 Å². The van der Waals surface area contributed by atoms with Crippen LogP contribution >= 0.6 is 0 Å². The van der Waals surface area contributed by atoms with Gasteiger partial charge in [-0.05, 0) is 19.1 Å². The van der Waals surface area contributed by atoms with Crippen LogP contribution in [0.1, 0.15) is 24.3 Å². The third kappa shape index (κ3) is 2.00.